The minimum absolute atomic E-state index is 0.328. The van der Waals surface area contributed by atoms with Gasteiger partial charge in [-0.1, -0.05) is 34.6 Å². The normalized spacial score (nSPS) is 15.5. The van der Waals surface area contributed by atoms with E-state index in [1.54, 1.807) is 0 Å². The smallest absolute Gasteiger partial charge is 0.0461 e. The molecule has 0 aliphatic rings. The second-order valence-corrected chi connectivity index (χ2v) is 4.95. The Balaban J connectivity index is 3.88. The van der Waals surface area contributed by atoms with Crippen LogP contribution in [0.15, 0.2) is 0 Å². The van der Waals surface area contributed by atoms with Crippen LogP contribution in [0.2, 0.25) is 0 Å². The SMILES string of the molecule is CC(C)[C@@H](CO)CC(C)(C)C. The minimum Gasteiger partial charge on any atom is -0.396 e. The molecule has 1 heteroatoms. The van der Waals surface area contributed by atoms with Gasteiger partial charge in [-0.2, -0.15) is 0 Å². The molecular weight excluding hydrogens is 136 g/mol. The Morgan fingerprint density at radius 2 is 1.64 bits per heavy atom. The van der Waals surface area contributed by atoms with Gasteiger partial charge in [0.1, 0.15) is 0 Å². The van der Waals surface area contributed by atoms with Gasteiger partial charge < -0.3 is 5.11 Å². The van der Waals surface area contributed by atoms with E-state index in [0.29, 0.717) is 23.9 Å². The Labute approximate surface area is 70.8 Å². The molecule has 11 heavy (non-hydrogen) atoms. The average molecular weight is 158 g/mol. The first-order valence-corrected chi connectivity index (χ1v) is 4.47. The van der Waals surface area contributed by atoms with E-state index in [9.17, 15) is 0 Å². The van der Waals surface area contributed by atoms with Gasteiger partial charge in [-0.15, -0.1) is 0 Å². The van der Waals surface area contributed by atoms with Crippen molar-refractivity contribution < 1.29 is 5.11 Å². The van der Waals surface area contributed by atoms with Crippen LogP contribution in [0.25, 0.3) is 0 Å². The molecule has 0 rings (SSSR count). The highest BCUT2D eigenvalue weighted by Crippen LogP contribution is 2.28. The van der Waals surface area contributed by atoms with Gasteiger partial charge in [0.15, 0.2) is 0 Å². The lowest BCUT2D eigenvalue weighted by Gasteiger charge is -2.27. The molecule has 0 amide bonds. The van der Waals surface area contributed by atoms with Crippen LogP contribution in [0.4, 0.5) is 0 Å². The van der Waals surface area contributed by atoms with E-state index in [0.717, 1.165) is 6.42 Å². The largest absolute Gasteiger partial charge is 0.396 e. The molecule has 0 fully saturated rings. The Hall–Kier alpha value is -0.0400. The van der Waals surface area contributed by atoms with Crippen molar-refractivity contribution in [1.82, 2.24) is 0 Å². The van der Waals surface area contributed by atoms with Crippen molar-refractivity contribution in [2.45, 2.75) is 41.0 Å². The second-order valence-electron chi connectivity index (χ2n) is 4.95. The van der Waals surface area contributed by atoms with Crippen molar-refractivity contribution in [3.05, 3.63) is 0 Å². The first-order chi connectivity index (χ1) is 4.87. The molecule has 0 aromatic heterocycles. The zero-order valence-corrected chi connectivity index (χ0v) is 8.52. The van der Waals surface area contributed by atoms with Crippen molar-refractivity contribution in [3.63, 3.8) is 0 Å². The summed E-state index contributed by atoms with van der Waals surface area (Å²) in [6, 6.07) is 0. The van der Waals surface area contributed by atoms with Crippen LogP contribution >= 0.6 is 0 Å². The molecule has 68 valence electrons. The number of rotatable bonds is 3. The summed E-state index contributed by atoms with van der Waals surface area (Å²) in [5, 5.41) is 9.06. The third-order valence-corrected chi connectivity index (χ3v) is 2.05. The predicted octanol–water partition coefficient (Wildman–Crippen LogP) is 2.69. The van der Waals surface area contributed by atoms with Gasteiger partial charge in [0.2, 0.25) is 0 Å². The van der Waals surface area contributed by atoms with Crippen molar-refractivity contribution in [1.29, 1.82) is 0 Å². The van der Waals surface area contributed by atoms with Gasteiger partial charge in [-0.3, -0.25) is 0 Å². The summed E-state index contributed by atoms with van der Waals surface area (Å²) in [6.07, 6.45) is 1.11. The summed E-state index contributed by atoms with van der Waals surface area (Å²) in [5.41, 5.74) is 0.345. The summed E-state index contributed by atoms with van der Waals surface area (Å²) in [7, 11) is 0. The molecule has 1 N–H and O–H groups in total. The lowest BCUT2D eigenvalue weighted by Crippen LogP contribution is -2.20. The van der Waals surface area contributed by atoms with E-state index in [1.165, 1.54) is 0 Å². The van der Waals surface area contributed by atoms with E-state index in [2.05, 4.69) is 34.6 Å². The summed E-state index contributed by atoms with van der Waals surface area (Å²) < 4.78 is 0. The fourth-order valence-electron chi connectivity index (χ4n) is 1.30. The highest BCUT2D eigenvalue weighted by Gasteiger charge is 2.20. The highest BCUT2D eigenvalue weighted by atomic mass is 16.3. The summed E-state index contributed by atoms with van der Waals surface area (Å²) in [5.74, 6) is 1.06. The number of aliphatic hydroxyl groups excluding tert-OH is 1. The highest BCUT2D eigenvalue weighted by molar-refractivity contribution is 4.70. The zero-order valence-electron chi connectivity index (χ0n) is 8.52. The maximum absolute atomic E-state index is 9.06. The maximum Gasteiger partial charge on any atom is 0.0461 e. The van der Waals surface area contributed by atoms with E-state index in [4.69, 9.17) is 5.11 Å². The number of hydrogen-bond acceptors (Lipinski definition) is 1. The monoisotopic (exact) mass is 158 g/mol. The van der Waals surface area contributed by atoms with Crippen LogP contribution in [0.3, 0.4) is 0 Å². The van der Waals surface area contributed by atoms with Crippen molar-refractivity contribution in [2.75, 3.05) is 6.61 Å². The second kappa shape index (κ2) is 4.10. The van der Waals surface area contributed by atoms with Crippen molar-refractivity contribution in [3.8, 4) is 0 Å². The molecule has 0 aliphatic carbocycles. The van der Waals surface area contributed by atoms with E-state index >= 15 is 0 Å². The Kier molecular flexibility index (Phi) is 4.09. The minimum atomic E-state index is 0.328. The quantitative estimate of drug-likeness (QED) is 0.669. The average Bonchev–Trinajstić information content (AvgIpc) is 1.80. The molecule has 0 aromatic carbocycles. The van der Waals surface area contributed by atoms with Gasteiger partial charge in [0.25, 0.3) is 0 Å². The molecule has 0 spiro atoms. The van der Waals surface area contributed by atoms with Crippen molar-refractivity contribution >= 4 is 0 Å². The van der Waals surface area contributed by atoms with E-state index in [-0.39, 0.29) is 0 Å². The third-order valence-electron chi connectivity index (χ3n) is 2.05. The summed E-state index contributed by atoms with van der Waals surface area (Å²) in [6.45, 7) is 11.3. The van der Waals surface area contributed by atoms with Crippen LogP contribution < -0.4 is 0 Å². The van der Waals surface area contributed by atoms with Gasteiger partial charge in [-0.05, 0) is 23.7 Å². The van der Waals surface area contributed by atoms with Crippen LogP contribution in [-0.4, -0.2) is 11.7 Å². The Morgan fingerprint density at radius 3 is 1.73 bits per heavy atom. The standard InChI is InChI=1S/C10H22O/c1-8(2)9(7-11)6-10(3,4)5/h8-9,11H,6-7H2,1-5H3/t9-/m1/s1. The topological polar surface area (TPSA) is 20.2 Å². The molecule has 0 radical (unpaired) electrons. The predicted molar refractivity (Wildman–Crippen MR) is 49.5 cm³/mol. The lowest BCUT2D eigenvalue weighted by atomic mass is 9.80. The summed E-state index contributed by atoms with van der Waals surface area (Å²) in [4.78, 5) is 0. The van der Waals surface area contributed by atoms with Crippen LogP contribution in [0.1, 0.15) is 41.0 Å². The molecule has 0 saturated carbocycles. The molecule has 0 aliphatic heterocycles. The third kappa shape index (κ3) is 5.25. The molecule has 0 saturated heterocycles. The molecule has 1 atom stereocenters. The van der Waals surface area contributed by atoms with Gasteiger partial charge in [0.05, 0.1) is 0 Å². The lowest BCUT2D eigenvalue weighted by molar-refractivity contribution is 0.143. The number of aliphatic hydroxyl groups is 1. The van der Waals surface area contributed by atoms with Gasteiger partial charge in [0, 0.05) is 6.61 Å². The van der Waals surface area contributed by atoms with Crippen LogP contribution in [0.5, 0.6) is 0 Å². The van der Waals surface area contributed by atoms with Crippen LogP contribution in [0, 0.1) is 17.3 Å². The van der Waals surface area contributed by atoms with Crippen molar-refractivity contribution in [2.24, 2.45) is 17.3 Å². The van der Waals surface area contributed by atoms with Gasteiger partial charge in [-0.25, -0.2) is 0 Å². The maximum atomic E-state index is 9.06. The molecule has 0 heterocycles. The molecule has 0 bridgehead atoms. The molecular formula is C10H22O. The first-order valence-electron chi connectivity index (χ1n) is 4.47. The van der Waals surface area contributed by atoms with Crippen LogP contribution in [-0.2, 0) is 0 Å². The van der Waals surface area contributed by atoms with E-state index < -0.39 is 0 Å². The molecule has 1 nitrogen and oxygen atoms in total. The van der Waals surface area contributed by atoms with Gasteiger partial charge >= 0.3 is 0 Å². The fraction of sp³-hybridized carbons (Fsp3) is 1.00. The fourth-order valence-corrected chi connectivity index (χ4v) is 1.30. The first kappa shape index (κ1) is 11.0. The Morgan fingerprint density at radius 1 is 1.18 bits per heavy atom. The molecule has 0 aromatic rings. The Bertz CT molecular complexity index is 99.9. The van der Waals surface area contributed by atoms with E-state index in [1.807, 2.05) is 0 Å². The zero-order chi connectivity index (χ0) is 9.07. The molecule has 0 unspecified atom stereocenters. The summed E-state index contributed by atoms with van der Waals surface area (Å²) >= 11 is 0. The number of hydrogen-bond donors (Lipinski definition) is 1.